The first-order chi connectivity index (χ1) is 4.50. The van der Waals surface area contributed by atoms with Crippen LogP contribution in [-0.2, 0) is 0 Å². The fraction of sp³-hybridized carbons (Fsp3) is 1.00. The van der Waals surface area contributed by atoms with E-state index in [1.54, 1.807) is 0 Å². The third-order valence-corrected chi connectivity index (χ3v) is 21.6. The molecular weight excluding hydrogens is 323 g/mol. The van der Waals surface area contributed by atoms with Crippen molar-refractivity contribution in [2.45, 2.75) is 37.2 Å². The molecule has 0 nitrogen and oxygen atoms in total. The third kappa shape index (κ3) is 2.83. The van der Waals surface area contributed by atoms with Crippen LogP contribution in [0.5, 0.6) is 0 Å². The minimum Gasteiger partial charge on any atom is -0.125 e. The van der Waals surface area contributed by atoms with Crippen molar-refractivity contribution in [3.8, 4) is 0 Å². The van der Waals surface area contributed by atoms with Crippen molar-refractivity contribution in [1.82, 2.24) is 0 Å². The van der Waals surface area contributed by atoms with E-state index in [-0.39, 0.29) is 4.12 Å². The summed E-state index contributed by atoms with van der Waals surface area (Å²) in [5, 5.41) is 0. The molecule has 0 aliphatic carbocycles. The Balaban J connectivity index is 4.75. The lowest BCUT2D eigenvalue weighted by molar-refractivity contribution is 1.15. The molecule has 0 aliphatic heterocycles. The molecule has 0 unspecified atom stereocenters. The predicted octanol–water partition coefficient (Wildman–Crippen LogP) is 4.26. The summed E-state index contributed by atoms with van der Waals surface area (Å²) in [5.41, 5.74) is 0. The molecular formula is C6H15Br2ClSi2. The van der Waals surface area contributed by atoms with Gasteiger partial charge in [0.15, 0.2) is 0 Å². The molecule has 0 atom stereocenters. The molecule has 0 fully saturated rings. The molecule has 0 heterocycles. The molecule has 11 heavy (non-hydrogen) atoms. The van der Waals surface area contributed by atoms with Crippen molar-refractivity contribution < 1.29 is 0 Å². The van der Waals surface area contributed by atoms with Gasteiger partial charge in [-0.3, -0.25) is 0 Å². The van der Waals surface area contributed by atoms with Gasteiger partial charge in [-0.15, -0.1) is 42.2 Å². The Labute approximate surface area is 92.3 Å². The van der Waals surface area contributed by atoms with Crippen molar-refractivity contribution in [1.29, 1.82) is 0 Å². The van der Waals surface area contributed by atoms with E-state index in [4.69, 9.17) is 11.6 Å². The van der Waals surface area contributed by atoms with Gasteiger partial charge in [-0.2, -0.15) is 0 Å². The quantitative estimate of drug-likeness (QED) is 0.401. The molecule has 68 valence electrons. The fourth-order valence-corrected chi connectivity index (χ4v) is 17.7. The smallest absolute Gasteiger partial charge is 0.125 e. The lowest BCUT2D eigenvalue weighted by Crippen LogP contribution is -2.57. The second-order valence-electron chi connectivity index (χ2n) is 3.95. The molecule has 0 aromatic heterocycles. The lowest BCUT2D eigenvalue weighted by Gasteiger charge is -2.40. The highest BCUT2D eigenvalue weighted by atomic mass is 79.9. The van der Waals surface area contributed by atoms with Crippen LogP contribution in [0.2, 0.25) is 26.2 Å². The molecule has 0 aromatic carbocycles. The van der Waals surface area contributed by atoms with Gasteiger partial charge in [0.2, 0.25) is 0 Å². The maximum Gasteiger partial charge on any atom is 0.143 e. The number of alkyl halides is 1. The van der Waals surface area contributed by atoms with Crippen molar-refractivity contribution >= 4 is 55.6 Å². The number of rotatable bonds is 2. The van der Waals surface area contributed by atoms with Crippen LogP contribution in [0.25, 0.3) is 0 Å². The molecule has 0 amide bonds. The van der Waals surface area contributed by atoms with Crippen LogP contribution < -0.4 is 0 Å². The van der Waals surface area contributed by atoms with Crippen LogP contribution in [0.4, 0.5) is 0 Å². The second kappa shape index (κ2) is 3.44. The zero-order chi connectivity index (χ0) is 9.50. The number of hydrogen-bond donors (Lipinski definition) is 0. The highest BCUT2D eigenvalue weighted by Gasteiger charge is 2.50. The predicted molar refractivity (Wildman–Crippen MR) is 67.1 cm³/mol. The molecule has 0 saturated heterocycles. The van der Waals surface area contributed by atoms with Crippen LogP contribution in [-0.4, -0.2) is 17.5 Å². The van der Waals surface area contributed by atoms with E-state index in [2.05, 4.69) is 63.7 Å². The lowest BCUT2D eigenvalue weighted by atomic mass is 10.9. The third-order valence-electron chi connectivity index (χ3n) is 2.23. The Kier molecular flexibility index (Phi) is 3.97. The summed E-state index contributed by atoms with van der Waals surface area (Å²) in [4.78, 5) is 0. The summed E-state index contributed by atoms with van der Waals surface area (Å²) in [7, 11) is 0. The molecule has 0 radical (unpaired) electrons. The topological polar surface area (TPSA) is 0 Å². The van der Waals surface area contributed by atoms with Gasteiger partial charge in [0.1, 0.15) is 13.4 Å². The van der Waals surface area contributed by atoms with Gasteiger partial charge >= 0.3 is 0 Å². The van der Waals surface area contributed by atoms with Crippen molar-refractivity contribution in [3.05, 3.63) is 0 Å². The van der Waals surface area contributed by atoms with E-state index >= 15 is 0 Å². The molecule has 0 N–H and O–H groups in total. The first-order valence-corrected chi connectivity index (χ1v) is 14.5. The van der Waals surface area contributed by atoms with E-state index in [9.17, 15) is 0 Å². The number of halogens is 3. The van der Waals surface area contributed by atoms with Crippen LogP contribution >= 0.6 is 42.2 Å². The summed E-state index contributed by atoms with van der Waals surface area (Å²) in [6.45, 7) is 8.28. The van der Waals surface area contributed by atoms with Crippen LogP contribution in [0.15, 0.2) is 0 Å². The van der Waals surface area contributed by atoms with Gasteiger partial charge in [0.25, 0.3) is 0 Å². The molecule has 0 spiro atoms. The average molecular weight is 339 g/mol. The van der Waals surface area contributed by atoms with E-state index in [0.29, 0.717) is 0 Å². The van der Waals surface area contributed by atoms with Crippen molar-refractivity contribution in [2.24, 2.45) is 0 Å². The normalized spacial score (nSPS) is 15.3. The van der Waals surface area contributed by atoms with Gasteiger partial charge in [0.05, 0.1) is 4.12 Å². The Morgan fingerprint density at radius 1 is 1.00 bits per heavy atom. The van der Waals surface area contributed by atoms with Gasteiger partial charge in [0, 0.05) is 0 Å². The van der Waals surface area contributed by atoms with E-state index in [0.717, 1.165) is 0 Å². The zero-order valence-corrected chi connectivity index (χ0v) is 13.6. The van der Waals surface area contributed by atoms with E-state index in [1.807, 2.05) is 0 Å². The largest absolute Gasteiger partial charge is 0.143 e. The Bertz CT molecular complexity index is 130. The highest BCUT2D eigenvalue weighted by Crippen LogP contribution is 2.42. The SMILES string of the molecule is CC(Cl)([Si](C)(C)Br)[Si](C)(C)Br. The van der Waals surface area contributed by atoms with Crippen molar-refractivity contribution in [3.63, 3.8) is 0 Å². The minimum absolute atomic E-state index is 0.0417. The maximum absolute atomic E-state index is 6.52. The van der Waals surface area contributed by atoms with Gasteiger partial charge in [-0.25, -0.2) is 0 Å². The molecule has 0 saturated carbocycles. The molecule has 0 rings (SSSR count). The average Bonchev–Trinajstić information content (AvgIpc) is 1.58. The first kappa shape index (κ1) is 12.7. The second-order valence-corrected chi connectivity index (χ2v) is 25.6. The van der Waals surface area contributed by atoms with Crippen LogP contribution in [0.3, 0.4) is 0 Å². The maximum atomic E-state index is 6.52. The van der Waals surface area contributed by atoms with Crippen molar-refractivity contribution in [2.75, 3.05) is 0 Å². The standard InChI is InChI=1S/C6H15Br2ClSi2/c1-6(9,10(2,3)7)11(4,5)8/h1-5H3. The Hall–Kier alpha value is 1.68. The summed E-state index contributed by atoms with van der Waals surface area (Å²) in [6.07, 6.45) is 0. The fourth-order valence-electron chi connectivity index (χ4n) is 0.707. The van der Waals surface area contributed by atoms with Crippen LogP contribution in [0.1, 0.15) is 6.92 Å². The van der Waals surface area contributed by atoms with Gasteiger partial charge in [-0.05, 0) is 6.92 Å². The summed E-state index contributed by atoms with van der Waals surface area (Å²) >= 11 is 14.0. The first-order valence-electron chi connectivity index (χ1n) is 3.57. The monoisotopic (exact) mass is 336 g/mol. The van der Waals surface area contributed by atoms with Gasteiger partial charge < -0.3 is 0 Å². The summed E-state index contributed by atoms with van der Waals surface area (Å²) in [6, 6.07) is 0. The zero-order valence-electron chi connectivity index (χ0n) is 7.63. The Morgan fingerprint density at radius 2 is 1.18 bits per heavy atom. The number of hydrogen-bond acceptors (Lipinski definition) is 0. The summed E-state index contributed by atoms with van der Waals surface area (Å²) < 4.78 is -0.0417. The van der Waals surface area contributed by atoms with Crippen LogP contribution in [0, 0.1) is 0 Å². The van der Waals surface area contributed by atoms with E-state index < -0.39 is 13.4 Å². The Morgan fingerprint density at radius 3 is 1.18 bits per heavy atom. The van der Waals surface area contributed by atoms with Gasteiger partial charge in [-0.1, -0.05) is 26.2 Å². The summed E-state index contributed by atoms with van der Waals surface area (Å²) in [5.74, 6) is 0. The molecule has 5 heteroatoms. The minimum atomic E-state index is -1.43. The molecule has 0 aromatic rings. The van der Waals surface area contributed by atoms with E-state index in [1.165, 1.54) is 0 Å². The molecule has 0 aliphatic rings. The highest BCUT2D eigenvalue weighted by molar-refractivity contribution is 9.28. The molecule has 0 bridgehead atoms.